The topological polar surface area (TPSA) is 78.8 Å². The van der Waals surface area contributed by atoms with Gasteiger partial charge in [0, 0.05) is 30.7 Å². The molecule has 0 unspecified atom stereocenters. The van der Waals surface area contributed by atoms with Crippen molar-refractivity contribution in [1.82, 2.24) is 9.97 Å². The Bertz CT molecular complexity index is 671. The first kappa shape index (κ1) is 15.5. The standard InChI is InChI=1S/C15H17N5.ClH/c1-10-5-11(17)9-20(8-10)14-7-19-13(6-16)15-12(14)3-2-4-18-15;/h2-4,7,10-11H,5,8-9,17H2,1H3;1H/t10-,11+;/m1./s1. The lowest BCUT2D eigenvalue weighted by Gasteiger charge is -2.36. The number of nitrogens with two attached hydrogens (primary N) is 1. The van der Waals surface area contributed by atoms with Crippen LogP contribution in [0.15, 0.2) is 24.5 Å². The highest BCUT2D eigenvalue weighted by Gasteiger charge is 2.24. The van der Waals surface area contributed by atoms with E-state index in [1.807, 2.05) is 12.1 Å². The number of pyridine rings is 2. The van der Waals surface area contributed by atoms with Gasteiger partial charge in [0.1, 0.15) is 11.6 Å². The van der Waals surface area contributed by atoms with Crippen LogP contribution in [-0.4, -0.2) is 29.1 Å². The van der Waals surface area contributed by atoms with Crippen molar-refractivity contribution in [3.63, 3.8) is 0 Å². The normalized spacial score (nSPS) is 21.7. The molecule has 0 radical (unpaired) electrons. The van der Waals surface area contributed by atoms with Crippen molar-refractivity contribution in [2.75, 3.05) is 18.0 Å². The minimum Gasteiger partial charge on any atom is -0.368 e. The molecule has 1 saturated heterocycles. The molecule has 0 aromatic carbocycles. The minimum atomic E-state index is 0. The Kier molecular flexibility index (Phi) is 4.61. The molecule has 0 aliphatic carbocycles. The number of hydrogen-bond donors (Lipinski definition) is 1. The molecule has 6 heteroatoms. The van der Waals surface area contributed by atoms with Gasteiger partial charge < -0.3 is 10.6 Å². The highest BCUT2D eigenvalue weighted by Crippen LogP contribution is 2.29. The van der Waals surface area contributed by atoms with Crippen LogP contribution in [0.1, 0.15) is 19.0 Å². The first-order valence-corrected chi connectivity index (χ1v) is 6.83. The SMILES string of the molecule is C[C@@H]1C[C@H](N)CN(c2cnc(C#N)c3ncccc23)C1.Cl. The maximum absolute atomic E-state index is 9.13. The zero-order valence-electron chi connectivity index (χ0n) is 11.9. The van der Waals surface area contributed by atoms with Gasteiger partial charge in [-0.25, -0.2) is 4.98 Å². The van der Waals surface area contributed by atoms with Gasteiger partial charge in [0.15, 0.2) is 5.69 Å². The number of piperidine rings is 1. The van der Waals surface area contributed by atoms with Crippen molar-refractivity contribution >= 4 is 29.0 Å². The summed E-state index contributed by atoms with van der Waals surface area (Å²) in [6.07, 6.45) is 4.52. The molecule has 0 bridgehead atoms. The maximum Gasteiger partial charge on any atom is 0.166 e. The smallest absolute Gasteiger partial charge is 0.166 e. The van der Waals surface area contributed by atoms with Gasteiger partial charge in [-0.05, 0) is 24.5 Å². The first-order valence-electron chi connectivity index (χ1n) is 6.83. The lowest BCUT2D eigenvalue weighted by Crippen LogP contribution is -2.46. The van der Waals surface area contributed by atoms with Crippen molar-refractivity contribution in [3.8, 4) is 6.07 Å². The number of anilines is 1. The zero-order chi connectivity index (χ0) is 14.1. The Morgan fingerprint density at radius 1 is 1.38 bits per heavy atom. The highest BCUT2D eigenvalue weighted by molar-refractivity contribution is 5.93. The van der Waals surface area contributed by atoms with Crippen LogP contribution in [0, 0.1) is 17.2 Å². The highest BCUT2D eigenvalue weighted by atomic mass is 35.5. The number of nitriles is 1. The Labute approximate surface area is 130 Å². The van der Waals surface area contributed by atoms with Gasteiger partial charge >= 0.3 is 0 Å². The van der Waals surface area contributed by atoms with Gasteiger partial charge in [0.2, 0.25) is 0 Å². The quantitative estimate of drug-likeness (QED) is 0.872. The molecule has 1 aliphatic rings. The third-order valence-corrected chi connectivity index (χ3v) is 3.76. The van der Waals surface area contributed by atoms with Crippen LogP contribution in [0.3, 0.4) is 0 Å². The van der Waals surface area contributed by atoms with Gasteiger partial charge in [0.25, 0.3) is 0 Å². The molecule has 0 amide bonds. The van der Waals surface area contributed by atoms with Gasteiger partial charge in [-0.2, -0.15) is 5.26 Å². The number of hydrogen-bond acceptors (Lipinski definition) is 5. The molecule has 1 aliphatic heterocycles. The number of fused-ring (bicyclic) bond motifs is 1. The maximum atomic E-state index is 9.13. The van der Waals surface area contributed by atoms with Crippen LogP contribution >= 0.6 is 12.4 Å². The predicted molar refractivity (Wildman–Crippen MR) is 85.5 cm³/mol. The van der Waals surface area contributed by atoms with Crippen molar-refractivity contribution in [1.29, 1.82) is 5.26 Å². The third-order valence-electron chi connectivity index (χ3n) is 3.76. The number of nitrogens with zero attached hydrogens (tertiary/aromatic N) is 4. The molecule has 0 spiro atoms. The molecule has 5 nitrogen and oxygen atoms in total. The Hall–Kier alpha value is -1.90. The van der Waals surface area contributed by atoms with Gasteiger partial charge in [0.05, 0.1) is 11.9 Å². The van der Waals surface area contributed by atoms with E-state index in [1.54, 1.807) is 12.4 Å². The molecule has 3 heterocycles. The van der Waals surface area contributed by atoms with E-state index in [2.05, 4.69) is 27.9 Å². The molecule has 1 fully saturated rings. The fraction of sp³-hybridized carbons (Fsp3) is 0.400. The lowest BCUT2D eigenvalue weighted by molar-refractivity contribution is 0.402. The fourth-order valence-corrected chi connectivity index (χ4v) is 2.99. The largest absolute Gasteiger partial charge is 0.368 e. The second-order valence-corrected chi connectivity index (χ2v) is 5.51. The molecule has 21 heavy (non-hydrogen) atoms. The summed E-state index contributed by atoms with van der Waals surface area (Å²) in [5.41, 5.74) is 8.19. The molecule has 0 saturated carbocycles. The summed E-state index contributed by atoms with van der Waals surface area (Å²) >= 11 is 0. The zero-order valence-corrected chi connectivity index (χ0v) is 12.7. The third kappa shape index (κ3) is 2.92. The summed E-state index contributed by atoms with van der Waals surface area (Å²) in [5.74, 6) is 0.557. The summed E-state index contributed by atoms with van der Waals surface area (Å²) in [4.78, 5) is 10.8. The van der Waals surface area contributed by atoms with E-state index in [-0.39, 0.29) is 18.4 Å². The Balaban J connectivity index is 0.00000161. The Morgan fingerprint density at radius 2 is 2.19 bits per heavy atom. The van der Waals surface area contributed by atoms with E-state index in [0.717, 1.165) is 30.6 Å². The van der Waals surface area contributed by atoms with Crippen LogP contribution in [0.5, 0.6) is 0 Å². The van der Waals surface area contributed by atoms with Crippen molar-refractivity contribution in [2.45, 2.75) is 19.4 Å². The van der Waals surface area contributed by atoms with E-state index in [9.17, 15) is 0 Å². The van der Waals surface area contributed by atoms with E-state index in [1.165, 1.54) is 0 Å². The molecule has 3 rings (SSSR count). The van der Waals surface area contributed by atoms with Crippen LogP contribution in [0.25, 0.3) is 10.9 Å². The predicted octanol–water partition coefficient (Wildman–Crippen LogP) is 2.10. The van der Waals surface area contributed by atoms with Crippen molar-refractivity contribution < 1.29 is 0 Å². The summed E-state index contributed by atoms with van der Waals surface area (Å²) in [6.45, 7) is 4.00. The van der Waals surface area contributed by atoms with Gasteiger partial charge in [-0.3, -0.25) is 4.98 Å². The molecule has 2 N–H and O–H groups in total. The summed E-state index contributed by atoms with van der Waals surface area (Å²) in [6, 6.07) is 6.16. The van der Waals surface area contributed by atoms with Gasteiger partial charge in [-0.1, -0.05) is 6.92 Å². The molecule has 2 aromatic rings. The number of rotatable bonds is 1. The summed E-state index contributed by atoms with van der Waals surface area (Å²) in [7, 11) is 0. The van der Waals surface area contributed by atoms with Crippen LogP contribution in [0.4, 0.5) is 5.69 Å². The van der Waals surface area contributed by atoms with Crippen LogP contribution < -0.4 is 10.6 Å². The molecule has 110 valence electrons. The van der Waals surface area contributed by atoms with E-state index < -0.39 is 0 Å². The first-order chi connectivity index (χ1) is 9.69. The van der Waals surface area contributed by atoms with Crippen molar-refractivity contribution in [2.24, 2.45) is 11.7 Å². The molecule has 2 atom stereocenters. The van der Waals surface area contributed by atoms with E-state index in [4.69, 9.17) is 11.0 Å². The second kappa shape index (κ2) is 6.25. The molecule has 2 aromatic heterocycles. The van der Waals surface area contributed by atoms with Crippen LogP contribution in [-0.2, 0) is 0 Å². The lowest BCUT2D eigenvalue weighted by atomic mass is 9.96. The number of aromatic nitrogens is 2. The summed E-state index contributed by atoms with van der Waals surface area (Å²) < 4.78 is 0. The second-order valence-electron chi connectivity index (χ2n) is 5.51. The van der Waals surface area contributed by atoms with Crippen LogP contribution in [0.2, 0.25) is 0 Å². The monoisotopic (exact) mass is 303 g/mol. The summed E-state index contributed by atoms with van der Waals surface area (Å²) in [5, 5.41) is 10.1. The minimum absolute atomic E-state index is 0. The molecular weight excluding hydrogens is 286 g/mol. The Morgan fingerprint density at radius 3 is 2.90 bits per heavy atom. The number of halogens is 1. The average Bonchev–Trinajstić information content (AvgIpc) is 2.45. The fourth-order valence-electron chi connectivity index (χ4n) is 2.99. The van der Waals surface area contributed by atoms with Crippen molar-refractivity contribution in [3.05, 3.63) is 30.2 Å². The van der Waals surface area contributed by atoms with E-state index in [0.29, 0.717) is 17.1 Å². The molecular formula is C15H18ClN5. The van der Waals surface area contributed by atoms with E-state index >= 15 is 0 Å². The average molecular weight is 304 g/mol. The van der Waals surface area contributed by atoms with Gasteiger partial charge in [-0.15, -0.1) is 12.4 Å².